The van der Waals surface area contributed by atoms with Crippen molar-refractivity contribution in [2.75, 3.05) is 26.3 Å². The first-order valence-electron chi connectivity index (χ1n) is 9.60. The van der Waals surface area contributed by atoms with Gasteiger partial charge in [-0.1, -0.05) is 24.3 Å². The molecule has 5 rings (SSSR count). The molecule has 2 aliphatic rings. The zero-order valence-electron chi connectivity index (χ0n) is 16.0. The quantitative estimate of drug-likeness (QED) is 0.523. The summed E-state index contributed by atoms with van der Waals surface area (Å²) in [5.41, 5.74) is 4.29. The van der Waals surface area contributed by atoms with E-state index in [2.05, 4.69) is 22.0 Å². The van der Waals surface area contributed by atoms with E-state index >= 15 is 0 Å². The van der Waals surface area contributed by atoms with E-state index in [1.807, 2.05) is 30.3 Å². The number of hydrogen-bond acceptors (Lipinski definition) is 5. The maximum absolute atomic E-state index is 12.7. The largest absolute Gasteiger partial charge is 0.468 e. The van der Waals surface area contributed by atoms with Crippen LogP contribution in [0.4, 0.5) is 0 Å². The first-order chi connectivity index (χ1) is 14.2. The third kappa shape index (κ3) is 2.94. The fraction of sp³-hybridized carbons (Fsp3) is 0.318. The first kappa shape index (κ1) is 18.3. The molecule has 2 aliphatic heterocycles. The Labute approximate surface area is 173 Å². The van der Waals surface area contributed by atoms with E-state index in [1.165, 1.54) is 7.11 Å². The Balaban J connectivity index is 1.71. The summed E-state index contributed by atoms with van der Waals surface area (Å²) >= 11 is 6.15. The molecule has 2 aromatic carbocycles. The topological polar surface area (TPSA) is 63.8 Å². The molecule has 0 fully saturated rings. The van der Waals surface area contributed by atoms with Gasteiger partial charge in [-0.05, 0) is 29.3 Å². The number of para-hydroxylation sites is 1. The Kier molecular flexibility index (Phi) is 4.60. The Hall–Kier alpha value is -2.70. The highest BCUT2D eigenvalue weighted by Gasteiger charge is 2.41. The van der Waals surface area contributed by atoms with Crippen LogP contribution in [-0.4, -0.2) is 48.2 Å². The van der Waals surface area contributed by atoms with Crippen molar-refractivity contribution in [1.82, 2.24) is 9.88 Å². The van der Waals surface area contributed by atoms with E-state index < -0.39 is 6.04 Å². The molecule has 3 heterocycles. The van der Waals surface area contributed by atoms with Crippen molar-refractivity contribution in [3.8, 4) is 11.5 Å². The molecule has 150 valence electrons. The summed E-state index contributed by atoms with van der Waals surface area (Å²) in [6, 6.07) is 13.5. The predicted molar refractivity (Wildman–Crippen MR) is 110 cm³/mol. The molecule has 2 atom stereocenters. The minimum atomic E-state index is -0.416. The fourth-order valence-corrected chi connectivity index (χ4v) is 4.70. The van der Waals surface area contributed by atoms with Gasteiger partial charge in [0.15, 0.2) is 11.5 Å². The van der Waals surface area contributed by atoms with E-state index in [1.54, 1.807) is 0 Å². The van der Waals surface area contributed by atoms with E-state index in [-0.39, 0.29) is 18.8 Å². The number of fused-ring (bicyclic) bond motifs is 4. The molecule has 0 saturated carbocycles. The lowest BCUT2D eigenvalue weighted by Gasteiger charge is -2.40. The molecule has 0 radical (unpaired) electrons. The number of carbonyl (C=O) groups is 1. The number of halogens is 1. The van der Waals surface area contributed by atoms with Gasteiger partial charge in [0.1, 0.15) is 6.04 Å². The number of aromatic nitrogens is 1. The molecule has 0 unspecified atom stereocenters. The third-order valence-electron chi connectivity index (χ3n) is 5.78. The summed E-state index contributed by atoms with van der Waals surface area (Å²) in [5, 5.41) is 1.13. The number of nitrogens with one attached hydrogen (secondary N) is 1. The molecule has 0 bridgehead atoms. The number of aromatic amines is 1. The van der Waals surface area contributed by atoms with Gasteiger partial charge in [-0.15, -0.1) is 11.6 Å². The molecule has 1 aromatic heterocycles. The third-order valence-corrected chi connectivity index (χ3v) is 5.95. The van der Waals surface area contributed by atoms with Gasteiger partial charge < -0.3 is 19.2 Å². The van der Waals surface area contributed by atoms with Gasteiger partial charge in [-0.2, -0.15) is 0 Å². The summed E-state index contributed by atoms with van der Waals surface area (Å²) < 4.78 is 16.2. The number of esters is 1. The van der Waals surface area contributed by atoms with Crippen molar-refractivity contribution in [1.29, 1.82) is 0 Å². The van der Waals surface area contributed by atoms with Gasteiger partial charge >= 0.3 is 5.97 Å². The second-order valence-electron chi connectivity index (χ2n) is 7.25. The number of benzene rings is 2. The van der Waals surface area contributed by atoms with Crippen molar-refractivity contribution in [2.24, 2.45) is 0 Å². The number of nitrogens with zero attached hydrogens (tertiary/aromatic N) is 1. The Morgan fingerprint density at radius 1 is 1.24 bits per heavy atom. The summed E-state index contributed by atoms with van der Waals surface area (Å²) in [6.07, 6.45) is 0.573. The highest BCUT2D eigenvalue weighted by molar-refractivity contribution is 6.18. The van der Waals surface area contributed by atoms with Crippen LogP contribution >= 0.6 is 11.6 Å². The van der Waals surface area contributed by atoms with Crippen molar-refractivity contribution in [2.45, 2.75) is 18.5 Å². The summed E-state index contributed by atoms with van der Waals surface area (Å²) in [6.45, 7) is 0.770. The Morgan fingerprint density at radius 2 is 2.07 bits per heavy atom. The van der Waals surface area contributed by atoms with E-state index in [9.17, 15) is 4.79 Å². The SMILES string of the molecule is COC(=O)[C@H]1Cc2c([nH]c3ccccc23)[C@@H](c2ccc3c(c2)OCO3)N1CCCl. The number of ether oxygens (including phenoxy) is 3. The average molecular weight is 413 g/mol. The molecule has 0 aliphatic carbocycles. The van der Waals surface area contributed by atoms with Crippen molar-refractivity contribution in [3.05, 3.63) is 59.3 Å². The van der Waals surface area contributed by atoms with Crippen LogP contribution in [0.15, 0.2) is 42.5 Å². The van der Waals surface area contributed by atoms with Crippen LogP contribution in [0, 0.1) is 0 Å². The Morgan fingerprint density at radius 3 is 2.90 bits per heavy atom. The van der Waals surface area contributed by atoms with Gasteiger partial charge in [0.2, 0.25) is 6.79 Å². The van der Waals surface area contributed by atoms with Crippen LogP contribution in [0.2, 0.25) is 0 Å². The minimum absolute atomic E-state index is 0.177. The van der Waals surface area contributed by atoms with Crippen molar-refractivity contribution < 1.29 is 19.0 Å². The van der Waals surface area contributed by atoms with Crippen molar-refractivity contribution >= 4 is 28.5 Å². The van der Waals surface area contributed by atoms with Gasteiger partial charge in [0.25, 0.3) is 0 Å². The number of hydrogen-bond donors (Lipinski definition) is 1. The lowest BCUT2D eigenvalue weighted by molar-refractivity contribution is -0.148. The molecular formula is C22H21ClN2O4. The van der Waals surface area contributed by atoms with Gasteiger partial charge in [-0.3, -0.25) is 9.69 Å². The van der Waals surface area contributed by atoms with Crippen LogP contribution in [0.5, 0.6) is 11.5 Å². The highest BCUT2D eigenvalue weighted by atomic mass is 35.5. The maximum atomic E-state index is 12.7. The molecule has 29 heavy (non-hydrogen) atoms. The van der Waals surface area contributed by atoms with Crippen LogP contribution in [0.1, 0.15) is 22.9 Å². The number of H-pyrrole nitrogens is 1. The molecular weight excluding hydrogens is 392 g/mol. The van der Waals surface area contributed by atoms with E-state index in [0.29, 0.717) is 24.6 Å². The molecule has 6 nitrogen and oxygen atoms in total. The van der Waals surface area contributed by atoms with Crippen LogP contribution in [-0.2, 0) is 16.0 Å². The maximum Gasteiger partial charge on any atom is 0.323 e. The van der Waals surface area contributed by atoms with Crippen LogP contribution < -0.4 is 9.47 Å². The fourth-order valence-electron chi connectivity index (χ4n) is 4.51. The monoisotopic (exact) mass is 412 g/mol. The number of carbonyl (C=O) groups excluding carboxylic acids is 1. The minimum Gasteiger partial charge on any atom is -0.468 e. The second kappa shape index (κ2) is 7.28. The Bertz CT molecular complexity index is 1080. The molecule has 7 heteroatoms. The van der Waals surface area contributed by atoms with Crippen LogP contribution in [0.25, 0.3) is 10.9 Å². The van der Waals surface area contributed by atoms with E-state index in [4.69, 9.17) is 25.8 Å². The van der Waals surface area contributed by atoms with Crippen molar-refractivity contribution in [3.63, 3.8) is 0 Å². The molecule has 0 amide bonds. The standard InChI is InChI=1S/C22H21ClN2O4/c1-27-22(26)17-11-15-14-4-2-3-5-16(14)24-20(15)21(25(17)9-8-23)13-6-7-18-19(10-13)29-12-28-18/h2-7,10,17,21,24H,8-9,11-12H2,1H3/t17-,21-/m1/s1. The lowest BCUT2D eigenvalue weighted by Crippen LogP contribution is -2.49. The average Bonchev–Trinajstić information content (AvgIpc) is 3.36. The first-order valence-corrected chi connectivity index (χ1v) is 10.1. The normalized spacial score (nSPS) is 20.6. The molecule has 3 aromatic rings. The zero-order valence-corrected chi connectivity index (χ0v) is 16.7. The summed E-state index contributed by atoms with van der Waals surface area (Å²) in [5.74, 6) is 1.60. The summed E-state index contributed by atoms with van der Waals surface area (Å²) in [4.78, 5) is 18.4. The zero-order chi connectivity index (χ0) is 20.0. The number of alkyl halides is 1. The van der Waals surface area contributed by atoms with Crippen LogP contribution in [0.3, 0.4) is 0 Å². The summed E-state index contributed by atoms with van der Waals surface area (Å²) in [7, 11) is 1.43. The molecule has 0 saturated heterocycles. The molecule has 0 spiro atoms. The smallest absolute Gasteiger partial charge is 0.323 e. The van der Waals surface area contributed by atoms with Gasteiger partial charge in [-0.25, -0.2) is 0 Å². The number of rotatable bonds is 4. The highest BCUT2D eigenvalue weighted by Crippen LogP contribution is 2.43. The second-order valence-corrected chi connectivity index (χ2v) is 7.63. The number of methoxy groups -OCH3 is 1. The van der Waals surface area contributed by atoms with Gasteiger partial charge in [0, 0.05) is 35.4 Å². The lowest BCUT2D eigenvalue weighted by atomic mass is 9.88. The molecule has 1 N–H and O–H groups in total. The van der Waals surface area contributed by atoms with E-state index in [0.717, 1.165) is 33.5 Å². The predicted octanol–water partition coefficient (Wildman–Crippen LogP) is 3.62. The van der Waals surface area contributed by atoms with Gasteiger partial charge in [0.05, 0.1) is 13.2 Å².